The maximum Gasteiger partial charge on any atom is 0.225 e. The number of hydrogen-bond acceptors (Lipinski definition) is 5. The molecule has 0 spiro atoms. The second-order valence-corrected chi connectivity index (χ2v) is 7.37. The number of benzene rings is 1. The summed E-state index contributed by atoms with van der Waals surface area (Å²) in [4.78, 5) is 16.8. The maximum absolute atomic E-state index is 12.5. The number of carbonyl (C=O) groups is 1. The lowest BCUT2D eigenvalue weighted by Gasteiger charge is -2.22. The Kier molecular flexibility index (Phi) is 7.73. The van der Waals surface area contributed by atoms with Gasteiger partial charge in [0.05, 0.1) is 20.8 Å². The monoisotopic (exact) mass is 398 g/mol. The molecule has 6 nitrogen and oxygen atoms in total. The van der Waals surface area contributed by atoms with Crippen LogP contribution in [0.4, 0.5) is 5.82 Å². The van der Waals surface area contributed by atoms with Crippen LogP contribution in [0.3, 0.4) is 0 Å². The molecular weight excluding hydrogens is 368 g/mol. The fourth-order valence-corrected chi connectivity index (χ4v) is 3.76. The van der Waals surface area contributed by atoms with Gasteiger partial charge in [-0.25, -0.2) is 4.98 Å². The number of aromatic nitrogens is 1. The average Bonchev–Trinajstić information content (AvgIpc) is 2.77. The molecule has 0 radical (unpaired) electrons. The van der Waals surface area contributed by atoms with Crippen LogP contribution in [0.5, 0.6) is 17.2 Å². The highest BCUT2D eigenvalue weighted by molar-refractivity contribution is 5.91. The molecule has 1 aliphatic carbocycles. The molecule has 0 saturated heterocycles. The van der Waals surface area contributed by atoms with Gasteiger partial charge >= 0.3 is 0 Å². The van der Waals surface area contributed by atoms with Crippen molar-refractivity contribution in [2.45, 2.75) is 44.9 Å². The quantitative estimate of drug-likeness (QED) is 0.667. The standard InChI is InChI=1S/C23H30N2O4/c1-27-19-11-6-10-18(22(19)28-2)13-14-21(26)25-23-20(12-7-15-24-23)29-16-17-8-4-3-5-9-17/h6-7,10-12,15,17H,3-5,8-9,13-14,16H2,1-2H3,(H,24,25,26). The zero-order valence-corrected chi connectivity index (χ0v) is 17.3. The Hall–Kier alpha value is -2.76. The highest BCUT2D eigenvalue weighted by Crippen LogP contribution is 2.32. The van der Waals surface area contributed by atoms with Crippen molar-refractivity contribution in [2.24, 2.45) is 5.92 Å². The van der Waals surface area contributed by atoms with E-state index < -0.39 is 0 Å². The summed E-state index contributed by atoms with van der Waals surface area (Å²) in [6, 6.07) is 9.36. The summed E-state index contributed by atoms with van der Waals surface area (Å²) >= 11 is 0. The maximum atomic E-state index is 12.5. The minimum Gasteiger partial charge on any atom is -0.493 e. The van der Waals surface area contributed by atoms with Crippen LogP contribution in [-0.4, -0.2) is 31.7 Å². The van der Waals surface area contributed by atoms with E-state index in [1.807, 2.05) is 30.3 Å². The molecule has 3 rings (SSSR count). The van der Waals surface area contributed by atoms with Gasteiger partial charge in [-0.3, -0.25) is 4.79 Å². The highest BCUT2D eigenvalue weighted by atomic mass is 16.5. The molecule has 29 heavy (non-hydrogen) atoms. The number of nitrogens with one attached hydrogen (secondary N) is 1. The van der Waals surface area contributed by atoms with E-state index in [0.717, 1.165) is 5.56 Å². The number of aryl methyl sites for hydroxylation is 1. The lowest BCUT2D eigenvalue weighted by atomic mass is 9.90. The van der Waals surface area contributed by atoms with Crippen LogP contribution >= 0.6 is 0 Å². The van der Waals surface area contributed by atoms with Crippen LogP contribution in [-0.2, 0) is 11.2 Å². The summed E-state index contributed by atoms with van der Waals surface area (Å²) < 4.78 is 16.8. The van der Waals surface area contributed by atoms with Gasteiger partial charge in [0.2, 0.25) is 5.91 Å². The van der Waals surface area contributed by atoms with E-state index in [-0.39, 0.29) is 5.91 Å². The van der Waals surface area contributed by atoms with Crippen LogP contribution < -0.4 is 19.5 Å². The van der Waals surface area contributed by atoms with Gasteiger partial charge in [-0.2, -0.15) is 0 Å². The molecule has 0 atom stereocenters. The van der Waals surface area contributed by atoms with Gasteiger partial charge in [-0.05, 0) is 48.9 Å². The molecule has 1 aromatic heterocycles. The first kappa shape index (κ1) is 21.0. The minimum absolute atomic E-state index is 0.115. The number of nitrogens with zero attached hydrogens (tertiary/aromatic N) is 1. The molecule has 6 heteroatoms. The Balaban J connectivity index is 1.57. The Morgan fingerprint density at radius 3 is 2.62 bits per heavy atom. The van der Waals surface area contributed by atoms with Crippen LogP contribution in [0, 0.1) is 5.92 Å². The number of pyridine rings is 1. The average molecular weight is 399 g/mol. The first-order valence-corrected chi connectivity index (χ1v) is 10.3. The molecule has 1 aliphatic rings. The van der Waals surface area contributed by atoms with Gasteiger partial charge in [0.15, 0.2) is 23.1 Å². The van der Waals surface area contributed by atoms with Crippen molar-refractivity contribution in [3.8, 4) is 17.2 Å². The fraction of sp³-hybridized carbons (Fsp3) is 0.478. The van der Waals surface area contributed by atoms with Gasteiger partial charge in [0.25, 0.3) is 0 Å². The van der Waals surface area contributed by atoms with Crippen LogP contribution in [0.1, 0.15) is 44.1 Å². The van der Waals surface area contributed by atoms with Crippen molar-refractivity contribution < 1.29 is 19.0 Å². The van der Waals surface area contributed by atoms with Crippen LogP contribution in [0.15, 0.2) is 36.5 Å². The predicted molar refractivity (Wildman–Crippen MR) is 113 cm³/mol. The predicted octanol–water partition coefficient (Wildman–Crippen LogP) is 4.63. The molecule has 0 unspecified atom stereocenters. The molecule has 1 amide bonds. The number of methoxy groups -OCH3 is 2. The van der Waals surface area contributed by atoms with Gasteiger partial charge in [-0.1, -0.05) is 31.4 Å². The molecule has 1 fully saturated rings. The Morgan fingerprint density at radius 1 is 1.07 bits per heavy atom. The number of para-hydroxylation sites is 1. The van der Waals surface area contributed by atoms with Gasteiger partial charge < -0.3 is 19.5 Å². The van der Waals surface area contributed by atoms with Crippen molar-refractivity contribution in [3.05, 3.63) is 42.1 Å². The Labute approximate surface area is 172 Å². The van der Waals surface area contributed by atoms with Crippen molar-refractivity contribution >= 4 is 11.7 Å². The molecule has 2 aromatic rings. The molecule has 1 heterocycles. The van der Waals surface area contributed by atoms with Crippen molar-refractivity contribution in [1.82, 2.24) is 4.98 Å². The normalized spacial score (nSPS) is 14.3. The second kappa shape index (κ2) is 10.7. The second-order valence-electron chi connectivity index (χ2n) is 7.37. The molecule has 1 aromatic carbocycles. The summed E-state index contributed by atoms with van der Waals surface area (Å²) in [6.07, 6.45) is 8.81. The number of anilines is 1. The Bertz CT molecular complexity index is 803. The third-order valence-electron chi connectivity index (χ3n) is 5.33. The highest BCUT2D eigenvalue weighted by Gasteiger charge is 2.16. The molecule has 156 valence electrons. The number of hydrogen-bond donors (Lipinski definition) is 1. The van der Waals surface area contributed by atoms with E-state index in [1.165, 1.54) is 32.1 Å². The lowest BCUT2D eigenvalue weighted by molar-refractivity contribution is -0.116. The Morgan fingerprint density at radius 2 is 1.86 bits per heavy atom. The van der Waals surface area contributed by atoms with E-state index in [0.29, 0.717) is 48.4 Å². The molecule has 1 saturated carbocycles. The summed E-state index contributed by atoms with van der Waals surface area (Å²) in [5.74, 6) is 2.91. The van der Waals surface area contributed by atoms with E-state index in [9.17, 15) is 4.79 Å². The topological polar surface area (TPSA) is 69.7 Å². The largest absolute Gasteiger partial charge is 0.493 e. The smallest absolute Gasteiger partial charge is 0.225 e. The number of amides is 1. The van der Waals surface area contributed by atoms with E-state index in [4.69, 9.17) is 14.2 Å². The number of ether oxygens (including phenoxy) is 3. The van der Waals surface area contributed by atoms with Crippen LogP contribution in [0.2, 0.25) is 0 Å². The fourth-order valence-electron chi connectivity index (χ4n) is 3.76. The van der Waals surface area contributed by atoms with E-state index >= 15 is 0 Å². The zero-order chi connectivity index (χ0) is 20.5. The first-order valence-electron chi connectivity index (χ1n) is 10.3. The SMILES string of the molecule is COc1cccc(CCC(=O)Nc2ncccc2OCC2CCCCC2)c1OC. The lowest BCUT2D eigenvalue weighted by Crippen LogP contribution is -2.18. The van der Waals surface area contributed by atoms with Gasteiger partial charge in [0, 0.05) is 12.6 Å². The molecule has 1 N–H and O–H groups in total. The van der Waals surface area contributed by atoms with E-state index in [1.54, 1.807) is 20.4 Å². The van der Waals surface area contributed by atoms with Crippen molar-refractivity contribution in [1.29, 1.82) is 0 Å². The third-order valence-corrected chi connectivity index (χ3v) is 5.33. The van der Waals surface area contributed by atoms with E-state index in [2.05, 4.69) is 10.3 Å². The van der Waals surface area contributed by atoms with Crippen LogP contribution in [0.25, 0.3) is 0 Å². The summed E-state index contributed by atoms with van der Waals surface area (Å²) in [6.45, 7) is 0.676. The van der Waals surface area contributed by atoms with Gasteiger partial charge in [-0.15, -0.1) is 0 Å². The summed E-state index contributed by atoms with van der Waals surface area (Å²) in [7, 11) is 3.20. The summed E-state index contributed by atoms with van der Waals surface area (Å²) in [5.41, 5.74) is 0.928. The molecule has 0 aliphatic heterocycles. The first-order chi connectivity index (χ1) is 14.2. The third kappa shape index (κ3) is 5.86. The number of carbonyl (C=O) groups excluding carboxylic acids is 1. The summed E-state index contributed by atoms with van der Waals surface area (Å²) in [5, 5.41) is 2.89. The number of rotatable bonds is 9. The van der Waals surface area contributed by atoms with Gasteiger partial charge in [0.1, 0.15) is 0 Å². The van der Waals surface area contributed by atoms with Crippen molar-refractivity contribution in [3.63, 3.8) is 0 Å². The minimum atomic E-state index is -0.115. The van der Waals surface area contributed by atoms with Crippen molar-refractivity contribution in [2.75, 3.05) is 26.1 Å². The zero-order valence-electron chi connectivity index (χ0n) is 17.3. The molecule has 0 bridgehead atoms. The molecular formula is C23H30N2O4.